The van der Waals surface area contributed by atoms with Crippen molar-refractivity contribution in [3.63, 3.8) is 0 Å². The van der Waals surface area contributed by atoms with E-state index in [0.717, 1.165) is 22.4 Å². The molecule has 0 aromatic carbocycles. The fourth-order valence-electron chi connectivity index (χ4n) is 1.92. The number of amides is 1. The van der Waals surface area contributed by atoms with E-state index in [0.29, 0.717) is 6.54 Å². The lowest BCUT2D eigenvalue weighted by atomic mass is 10.3. The van der Waals surface area contributed by atoms with Crippen LogP contribution in [0.2, 0.25) is 0 Å². The number of carbonyl (C=O) groups excluding carboxylic acids is 1. The van der Waals surface area contributed by atoms with Crippen LogP contribution in [0.1, 0.15) is 31.3 Å². The van der Waals surface area contributed by atoms with Crippen LogP contribution in [0.4, 0.5) is 0 Å². The molecule has 0 radical (unpaired) electrons. The lowest BCUT2D eigenvalue weighted by molar-refractivity contribution is -0.124. The predicted octanol–water partition coefficient (Wildman–Crippen LogP) is 2.05. The molecular formula is C13H18BrN5O. The minimum Gasteiger partial charge on any atom is -0.349 e. The first-order valence-corrected chi connectivity index (χ1v) is 7.32. The van der Waals surface area contributed by atoms with Gasteiger partial charge in [-0.25, -0.2) is 0 Å². The maximum Gasteiger partial charge on any atom is 0.244 e. The first kappa shape index (κ1) is 14.8. The maximum atomic E-state index is 12.1. The molecule has 0 saturated heterocycles. The van der Waals surface area contributed by atoms with E-state index in [9.17, 15) is 4.79 Å². The second-order valence-electron chi connectivity index (χ2n) is 4.59. The van der Waals surface area contributed by atoms with Gasteiger partial charge >= 0.3 is 0 Å². The predicted molar refractivity (Wildman–Crippen MR) is 79.1 cm³/mol. The first-order chi connectivity index (χ1) is 9.52. The number of hydrogen-bond donors (Lipinski definition) is 1. The molecule has 7 heteroatoms. The van der Waals surface area contributed by atoms with Crippen LogP contribution in [0.5, 0.6) is 0 Å². The van der Waals surface area contributed by atoms with Crippen molar-refractivity contribution < 1.29 is 4.79 Å². The molecule has 0 spiro atoms. The molecule has 20 heavy (non-hydrogen) atoms. The molecule has 1 N–H and O–H groups in total. The van der Waals surface area contributed by atoms with E-state index in [2.05, 4.69) is 31.4 Å². The Balaban J connectivity index is 2.00. The molecule has 0 fully saturated rings. The van der Waals surface area contributed by atoms with Gasteiger partial charge in [0.05, 0.1) is 28.6 Å². The van der Waals surface area contributed by atoms with Gasteiger partial charge in [0, 0.05) is 12.7 Å². The molecule has 0 saturated carbocycles. The SMILES string of the molecule is CCn1ncc(Br)c1CNC(=O)C(C)n1ccc(C)n1. The van der Waals surface area contributed by atoms with E-state index >= 15 is 0 Å². The normalized spacial score (nSPS) is 12.4. The zero-order valence-corrected chi connectivity index (χ0v) is 13.4. The Morgan fingerprint density at radius 2 is 2.30 bits per heavy atom. The fraction of sp³-hybridized carbons (Fsp3) is 0.462. The van der Waals surface area contributed by atoms with Crippen LogP contribution in [-0.2, 0) is 17.9 Å². The van der Waals surface area contributed by atoms with Gasteiger partial charge in [-0.2, -0.15) is 10.2 Å². The molecule has 2 aromatic rings. The highest BCUT2D eigenvalue weighted by molar-refractivity contribution is 9.10. The Hall–Kier alpha value is -1.63. The summed E-state index contributed by atoms with van der Waals surface area (Å²) in [6.07, 6.45) is 3.55. The quantitative estimate of drug-likeness (QED) is 0.906. The second-order valence-corrected chi connectivity index (χ2v) is 5.44. The molecular weight excluding hydrogens is 322 g/mol. The molecule has 108 valence electrons. The number of nitrogens with zero attached hydrogens (tertiary/aromatic N) is 4. The molecule has 1 unspecified atom stereocenters. The van der Waals surface area contributed by atoms with Crippen molar-refractivity contribution in [3.05, 3.63) is 34.3 Å². The largest absolute Gasteiger partial charge is 0.349 e. The van der Waals surface area contributed by atoms with Crippen LogP contribution in [0, 0.1) is 6.92 Å². The minimum atomic E-state index is -0.333. The second kappa shape index (κ2) is 6.21. The third-order valence-corrected chi connectivity index (χ3v) is 3.81. The zero-order chi connectivity index (χ0) is 14.7. The highest BCUT2D eigenvalue weighted by Gasteiger charge is 2.16. The monoisotopic (exact) mass is 339 g/mol. The van der Waals surface area contributed by atoms with Gasteiger partial charge in [0.15, 0.2) is 0 Å². The average Bonchev–Trinajstić information content (AvgIpc) is 3.01. The zero-order valence-electron chi connectivity index (χ0n) is 11.8. The van der Waals surface area contributed by atoms with Crippen molar-refractivity contribution in [3.8, 4) is 0 Å². The molecule has 0 aliphatic carbocycles. The van der Waals surface area contributed by atoms with Gasteiger partial charge in [0.1, 0.15) is 6.04 Å². The van der Waals surface area contributed by atoms with Gasteiger partial charge in [0.25, 0.3) is 0 Å². The van der Waals surface area contributed by atoms with Crippen molar-refractivity contribution >= 4 is 21.8 Å². The number of nitrogens with one attached hydrogen (secondary N) is 1. The highest BCUT2D eigenvalue weighted by atomic mass is 79.9. The summed E-state index contributed by atoms with van der Waals surface area (Å²) in [6, 6.07) is 1.55. The summed E-state index contributed by atoms with van der Waals surface area (Å²) in [6.45, 7) is 6.95. The Morgan fingerprint density at radius 1 is 1.55 bits per heavy atom. The molecule has 1 amide bonds. The summed E-state index contributed by atoms with van der Waals surface area (Å²) in [5.74, 6) is -0.0659. The average molecular weight is 340 g/mol. The van der Waals surface area contributed by atoms with Gasteiger partial charge in [-0.1, -0.05) is 0 Å². The van der Waals surface area contributed by atoms with E-state index in [1.54, 1.807) is 10.9 Å². The molecule has 0 aliphatic rings. The van der Waals surface area contributed by atoms with Crippen LogP contribution in [0.3, 0.4) is 0 Å². The van der Waals surface area contributed by atoms with E-state index in [4.69, 9.17) is 0 Å². The summed E-state index contributed by atoms with van der Waals surface area (Å²) in [5.41, 5.74) is 1.86. The molecule has 1 atom stereocenters. The molecule has 2 aromatic heterocycles. The molecule has 0 bridgehead atoms. The van der Waals surface area contributed by atoms with Crippen LogP contribution in [0.15, 0.2) is 22.9 Å². The lowest BCUT2D eigenvalue weighted by Gasteiger charge is -2.13. The van der Waals surface area contributed by atoms with Crippen LogP contribution in [0.25, 0.3) is 0 Å². The van der Waals surface area contributed by atoms with Gasteiger partial charge < -0.3 is 5.32 Å². The van der Waals surface area contributed by atoms with Crippen LogP contribution < -0.4 is 5.32 Å². The molecule has 2 rings (SSSR count). The van der Waals surface area contributed by atoms with E-state index in [1.807, 2.05) is 37.7 Å². The first-order valence-electron chi connectivity index (χ1n) is 6.52. The minimum absolute atomic E-state index is 0.0659. The highest BCUT2D eigenvalue weighted by Crippen LogP contribution is 2.16. The Bertz CT molecular complexity index is 604. The number of carbonyl (C=O) groups is 1. The standard InChI is InChI=1S/C13H18BrN5O/c1-4-18-12(11(14)7-16-18)8-15-13(20)10(3)19-6-5-9(2)17-19/h5-7,10H,4,8H2,1-3H3,(H,15,20). The van der Waals surface area contributed by atoms with E-state index in [-0.39, 0.29) is 11.9 Å². The summed E-state index contributed by atoms with van der Waals surface area (Å²) in [7, 11) is 0. The van der Waals surface area contributed by atoms with Crippen LogP contribution in [-0.4, -0.2) is 25.5 Å². The summed E-state index contributed by atoms with van der Waals surface area (Å²) >= 11 is 3.44. The Labute approximate surface area is 126 Å². The van der Waals surface area contributed by atoms with Crippen molar-refractivity contribution in [2.24, 2.45) is 0 Å². The Kier molecular flexibility index (Phi) is 4.59. The van der Waals surface area contributed by atoms with E-state index < -0.39 is 0 Å². The molecule has 0 aliphatic heterocycles. The molecule has 2 heterocycles. The maximum absolute atomic E-state index is 12.1. The van der Waals surface area contributed by atoms with Crippen molar-refractivity contribution in [2.45, 2.75) is 39.9 Å². The number of rotatable bonds is 5. The summed E-state index contributed by atoms with van der Waals surface area (Å²) in [5, 5.41) is 11.4. The van der Waals surface area contributed by atoms with Gasteiger partial charge in [-0.05, 0) is 42.8 Å². The number of aromatic nitrogens is 4. The number of aryl methyl sites for hydroxylation is 2. The van der Waals surface area contributed by atoms with Gasteiger partial charge in [0.2, 0.25) is 5.91 Å². The Morgan fingerprint density at radius 3 is 2.90 bits per heavy atom. The third kappa shape index (κ3) is 3.09. The summed E-state index contributed by atoms with van der Waals surface area (Å²) in [4.78, 5) is 12.1. The number of hydrogen-bond acceptors (Lipinski definition) is 3. The van der Waals surface area contributed by atoms with Crippen LogP contribution >= 0.6 is 15.9 Å². The van der Waals surface area contributed by atoms with Crippen molar-refractivity contribution in [1.29, 1.82) is 0 Å². The van der Waals surface area contributed by atoms with Gasteiger partial charge in [-0.15, -0.1) is 0 Å². The van der Waals surface area contributed by atoms with Crippen molar-refractivity contribution in [2.75, 3.05) is 0 Å². The van der Waals surface area contributed by atoms with Crippen molar-refractivity contribution in [1.82, 2.24) is 24.9 Å². The summed E-state index contributed by atoms with van der Waals surface area (Å²) < 4.78 is 4.42. The smallest absolute Gasteiger partial charge is 0.244 e. The third-order valence-electron chi connectivity index (χ3n) is 3.15. The fourth-order valence-corrected chi connectivity index (χ4v) is 2.36. The van der Waals surface area contributed by atoms with E-state index in [1.165, 1.54) is 0 Å². The topological polar surface area (TPSA) is 64.7 Å². The van der Waals surface area contributed by atoms with Gasteiger partial charge in [-0.3, -0.25) is 14.2 Å². The molecule has 6 nitrogen and oxygen atoms in total. The number of halogens is 1. The lowest BCUT2D eigenvalue weighted by Crippen LogP contribution is -2.31.